The van der Waals surface area contributed by atoms with Crippen molar-refractivity contribution in [2.24, 2.45) is 0 Å². The number of hydrogen-bond donors (Lipinski definition) is 4. The number of amides is 4. The standard InChI is InChI=1S/C25H40N4O8Si/c1-25(2,3)38(4,5)37-14-13-35-23(33)11-12-26-20(30)15-27-21(31)16-28-22(32)17-29-24(34)36-18-19-9-7-6-8-10-19/h6-10H,11-18H2,1-5H3,(H,26,30)(H,27,31)(H,28,32)(H,29,34). The lowest BCUT2D eigenvalue weighted by molar-refractivity contribution is -0.144. The van der Waals surface area contributed by atoms with Gasteiger partial charge in [0.25, 0.3) is 0 Å². The van der Waals surface area contributed by atoms with E-state index in [0.717, 1.165) is 5.56 Å². The van der Waals surface area contributed by atoms with E-state index in [4.69, 9.17) is 13.9 Å². The van der Waals surface area contributed by atoms with Crippen molar-refractivity contribution in [3.63, 3.8) is 0 Å². The number of nitrogens with one attached hydrogen (secondary N) is 4. The number of hydrogen-bond acceptors (Lipinski definition) is 8. The van der Waals surface area contributed by atoms with Crippen molar-refractivity contribution in [3.8, 4) is 0 Å². The molecule has 0 aromatic heterocycles. The Morgan fingerprint density at radius 2 is 1.32 bits per heavy atom. The highest BCUT2D eigenvalue weighted by molar-refractivity contribution is 6.74. The average Bonchev–Trinajstić information content (AvgIpc) is 2.86. The molecule has 4 amide bonds. The highest BCUT2D eigenvalue weighted by Gasteiger charge is 2.36. The second-order valence-electron chi connectivity index (χ2n) is 9.90. The topological polar surface area (TPSA) is 161 Å². The van der Waals surface area contributed by atoms with Gasteiger partial charge in [-0.1, -0.05) is 51.1 Å². The predicted octanol–water partition coefficient (Wildman–Crippen LogP) is 1.22. The first-order valence-electron chi connectivity index (χ1n) is 12.3. The molecular weight excluding hydrogens is 512 g/mol. The van der Waals surface area contributed by atoms with Crippen LogP contribution in [0.25, 0.3) is 0 Å². The molecule has 0 saturated carbocycles. The number of carbonyl (C=O) groups excluding carboxylic acids is 5. The number of alkyl carbamates (subject to hydrolysis) is 1. The van der Waals surface area contributed by atoms with Gasteiger partial charge in [-0.15, -0.1) is 0 Å². The van der Waals surface area contributed by atoms with Gasteiger partial charge in [-0.05, 0) is 23.7 Å². The number of esters is 1. The normalized spacial score (nSPS) is 11.2. The monoisotopic (exact) mass is 552 g/mol. The number of carbonyl (C=O) groups is 5. The molecule has 4 N–H and O–H groups in total. The molecule has 0 atom stereocenters. The Balaban J connectivity index is 2.08. The molecule has 0 aliphatic rings. The Kier molecular flexibility index (Phi) is 14.1. The quantitative estimate of drug-likeness (QED) is 0.143. The van der Waals surface area contributed by atoms with Gasteiger partial charge in [-0.25, -0.2) is 4.79 Å². The molecule has 0 fully saturated rings. The van der Waals surface area contributed by atoms with Gasteiger partial charge in [0.05, 0.1) is 26.1 Å². The molecule has 0 radical (unpaired) electrons. The summed E-state index contributed by atoms with van der Waals surface area (Å²) in [5.74, 6) is -2.16. The molecule has 12 nitrogen and oxygen atoms in total. The molecule has 38 heavy (non-hydrogen) atoms. The van der Waals surface area contributed by atoms with E-state index in [9.17, 15) is 24.0 Å². The summed E-state index contributed by atoms with van der Waals surface area (Å²) in [5.41, 5.74) is 0.801. The summed E-state index contributed by atoms with van der Waals surface area (Å²) >= 11 is 0. The van der Waals surface area contributed by atoms with E-state index in [0.29, 0.717) is 6.61 Å². The molecule has 0 heterocycles. The van der Waals surface area contributed by atoms with Crippen LogP contribution in [0.15, 0.2) is 30.3 Å². The second-order valence-corrected chi connectivity index (χ2v) is 14.7. The maximum atomic E-state index is 11.8. The Hall–Kier alpha value is -3.45. The summed E-state index contributed by atoms with van der Waals surface area (Å²) in [6.45, 7) is 10.1. The smallest absolute Gasteiger partial charge is 0.407 e. The van der Waals surface area contributed by atoms with Crippen LogP contribution in [0.5, 0.6) is 0 Å². The predicted molar refractivity (Wildman–Crippen MR) is 142 cm³/mol. The first-order chi connectivity index (χ1) is 17.8. The molecular formula is C25H40N4O8Si. The first-order valence-corrected chi connectivity index (χ1v) is 15.2. The van der Waals surface area contributed by atoms with Gasteiger partial charge in [0.15, 0.2) is 8.32 Å². The fourth-order valence-corrected chi connectivity index (χ4v) is 3.54. The minimum atomic E-state index is -1.90. The van der Waals surface area contributed by atoms with Gasteiger partial charge in [0.1, 0.15) is 19.8 Å². The van der Waals surface area contributed by atoms with Crippen LogP contribution >= 0.6 is 0 Å². The molecule has 1 aromatic rings. The third kappa shape index (κ3) is 14.3. The van der Waals surface area contributed by atoms with Gasteiger partial charge in [0.2, 0.25) is 17.7 Å². The van der Waals surface area contributed by atoms with Crippen molar-refractivity contribution in [1.29, 1.82) is 0 Å². The molecule has 212 valence electrons. The fraction of sp³-hybridized carbons (Fsp3) is 0.560. The van der Waals surface area contributed by atoms with Crippen molar-refractivity contribution in [2.75, 3.05) is 39.4 Å². The highest BCUT2D eigenvalue weighted by Crippen LogP contribution is 2.36. The Bertz CT molecular complexity index is 935. The van der Waals surface area contributed by atoms with Crippen LogP contribution in [0.4, 0.5) is 4.79 Å². The minimum absolute atomic E-state index is 0.0172. The van der Waals surface area contributed by atoms with Crippen LogP contribution < -0.4 is 21.3 Å². The summed E-state index contributed by atoms with van der Waals surface area (Å²) in [4.78, 5) is 58.8. The van der Waals surface area contributed by atoms with Crippen LogP contribution in [-0.2, 0) is 39.7 Å². The van der Waals surface area contributed by atoms with Gasteiger partial charge in [-0.2, -0.15) is 0 Å². The maximum absolute atomic E-state index is 11.8. The van der Waals surface area contributed by atoms with Crippen LogP contribution in [-0.4, -0.2) is 77.5 Å². The summed E-state index contributed by atoms with van der Waals surface area (Å²) < 4.78 is 16.0. The van der Waals surface area contributed by atoms with Crippen LogP contribution in [0.1, 0.15) is 32.8 Å². The largest absolute Gasteiger partial charge is 0.463 e. The van der Waals surface area contributed by atoms with E-state index < -0.39 is 38.1 Å². The van der Waals surface area contributed by atoms with Gasteiger partial charge in [0, 0.05) is 6.54 Å². The molecule has 0 spiro atoms. The lowest BCUT2D eigenvalue weighted by Crippen LogP contribution is -2.44. The Labute approximate surface area is 224 Å². The lowest BCUT2D eigenvalue weighted by Gasteiger charge is -2.36. The van der Waals surface area contributed by atoms with E-state index in [-0.39, 0.29) is 50.9 Å². The SMILES string of the molecule is CC(C)(C)[Si](C)(C)OCCOC(=O)CCNC(=O)CNC(=O)CNC(=O)CNC(=O)OCc1ccccc1. The zero-order valence-electron chi connectivity index (χ0n) is 22.8. The van der Waals surface area contributed by atoms with Crippen LogP contribution in [0.3, 0.4) is 0 Å². The Morgan fingerprint density at radius 1 is 0.763 bits per heavy atom. The van der Waals surface area contributed by atoms with E-state index in [2.05, 4.69) is 55.1 Å². The van der Waals surface area contributed by atoms with E-state index in [1.165, 1.54) is 0 Å². The minimum Gasteiger partial charge on any atom is -0.463 e. The van der Waals surface area contributed by atoms with E-state index >= 15 is 0 Å². The molecule has 0 aliphatic heterocycles. The summed E-state index contributed by atoms with van der Waals surface area (Å²) in [7, 11) is -1.90. The van der Waals surface area contributed by atoms with E-state index in [1.54, 1.807) is 12.1 Å². The van der Waals surface area contributed by atoms with Crippen LogP contribution in [0, 0.1) is 0 Å². The summed E-state index contributed by atoms with van der Waals surface area (Å²) in [6.07, 6.45) is -0.787. The van der Waals surface area contributed by atoms with Crippen molar-refractivity contribution in [2.45, 2.75) is 51.9 Å². The molecule has 0 bridgehead atoms. The van der Waals surface area contributed by atoms with Gasteiger partial charge >= 0.3 is 12.1 Å². The van der Waals surface area contributed by atoms with Crippen LogP contribution in [0.2, 0.25) is 18.1 Å². The van der Waals surface area contributed by atoms with Gasteiger partial charge in [-0.3, -0.25) is 19.2 Å². The molecule has 0 saturated heterocycles. The Morgan fingerprint density at radius 3 is 1.89 bits per heavy atom. The van der Waals surface area contributed by atoms with Crippen molar-refractivity contribution in [3.05, 3.63) is 35.9 Å². The van der Waals surface area contributed by atoms with Crippen molar-refractivity contribution in [1.82, 2.24) is 21.3 Å². The molecule has 0 aliphatic carbocycles. The maximum Gasteiger partial charge on any atom is 0.407 e. The van der Waals surface area contributed by atoms with Gasteiger partial charge < -0.3 is 35.2 Å². The highest BCUT2D eigenvalue weighted by atomic mass is 28.4. The first kappa shape index (κ1) is 32.6. The second kappa shape index (κ2) is 16.4. The third-order valence-electron chi connectivity index (χ3n) is 5.77. The zero-order valence-corrected chi connectivity index (χ0v) is 23.8. The van der Waals surface area contributed by atoms with Crippen molar-refractivity contribution < 1.29 is 37.9 Å². The summed E-state index contributed by atoms with van der Waals surface area (Å²) in [6, 6.07) is 9.04. The number of benzene rings is 1. The zero-order chi connectivity index (χ0) is 28.6. The van der Waals surface area contributed by atoms with E-state index in [1.807, 2.05) is 18.2 Å². The average molecular weight is 553 g/mol. The number of ether oxygens (including phenoxy) is 2. The number of rotatable bonds is 15. The summed E-state index contributed by atoms with van der Waals surface area (Å²) in [5, 5.41) is 9.49. The molecule has 1 rings (SSSR count). The molecule has 1 aromatic carbocycles. The fourth-order valence-electron chi connectivity index (χ4n) is 2.52. The third-order valence-corrected chi connectivity index (χ3v) is 10.3. The molecule has 0 unspecified atom stereocenters. The molecule has 13 heteroatoms. The van der Waals surface area contributed by atoms with Crippen molar-refractivity contribution >= 4 is 38.1 Å². The lowest BCUT2D eigenvalue weighted by atomic mass is 10.2.